The van der Waals surface area contributed by atoms with Gasteiger partial charge in [-0.05, 0) is 44.4 Å². The smallest absolute Gasteiger partial charge is 0.328 e. The zero-order chi connectivity index (χ0) is 23.4. The summed E-state index contributed by atoms with van der Waals surface area (Å²) in [5, 5.41) is 0.0234. The van der Waals surface area contributed by atoms with E-state index in [9.17, 15) is 14.4 Å². The molecule has 0 fully saturated rings. The van der Waals surface area contributed by atoms with E-state index in [1.165, 1.54) is 37.7 Å². The number of unbranched alkanes of at least 4 members (excludes halogenated alkanes) is 6. The number of benzene rings is 1. The predicted octanol–water partition coefficient (Wildman–Crippen LogP) is 6.36. The number of rotatable bonds is 13. The summed E-state index contributed by atoms with van der Waals surface area (Å²) in [5.41, 5.74) is 2.42. The molecule has 1 unspecified atom stereocenters. The third-order valence-electron chi connectivity index (χ3n) is 5.35. The van der Waals surface area contributed by atoms with E-state index >= 15 is 0 Å². The second-order valence-corrected chi connectivity index (χ2v) is 9.72. The Balaban J connectivity index is 2.75. The zero-order valence-corrected chi connectivity index (χ0v) is 21.9. The lowest BCUT2D eigenvalue weighted by atomic mass is 10.1. The molecule has 0 aliphatic carbocycles. The molecule has 1 aromatic carbocycles. The van der Waals surface area contributed by atoms with Gasteiger partial charge in [-0.15, -0.1) is 0 Å². The number of carbonyl (C=O) groups excluding carboxylic acids is 3. The first-order valence-electron chi connectivity index (χ1n) is 11.1. The third kappa shape index (κ3) is 8.97. The van der Waals surface area contributed by atoms with Gasteiger partial charge >= 0.3 is 5.97 Å². The normalized spacial score (nSPS) is 11.8. The van der Waals surface area contributed by atoms with E-state index in [1.54, 1.807) is 6.92 Å². The number of amides is 1. The Morgan fingerprint density at radius 2 is 1.68 bits per heavy atom. The SMILES string of the molecule is CCCCCCCCCC(=O)SCC(=O)N(c1c(C)ccc(Br)c1C)C(C)C(=O)OC. The number of halogens is 1. The maximum absolute atomic E-state index is 13.1. The Morgan fingerprint density at radius 1 is 1.06 bits per heavy atom. The van der Waals surface area contributed by atoms with Crippen LogP contribution in [0.25, 0.3) is 0 Å². The molecule has 0 saturated heterocycles. The van der Waals surface area contributed by atoms with Gasteiger partial charge in [0.1, 0.15) is 6.04 Å². The summed E-state index contributed by atoms with van der Waals surface area (Å²) in [5.74, 6) is -0.770. The van der Waals surface area contributed by atoms with Crippen molar-refractivity contribution < 1.29 is 19.1 Å². The first-order valence-corrected chi connectivity index (χ1v) is 12.8. The van der Waals surface area contributed by atoms with Gasteiger partial charge in [0.25, 0.3) is 0 Å². The molecule has 1 aromatic rings. The van der Waals surface area contributed by atoms with Crippen molar-refractivity contribution >= 4 is 50.4 Å². The molecule has 0 aliphatic heterocycles. The Bertz CT molecular complexity index is 753. The molecule has 0 aliphatic rings. The van der Waals surface area contributed by atoms with Crippen molar-refractivity contribution in [1.82, 2.24) is 0 Å². The third-order valence-corrected chi connectivity index (χ3v) is 7.12. The fourth-order valence-corrected chi connectivity index (χ4v) is 4.53. The number of ether oxygens (including phenoxy) is 1. The molecule has 7 heteroatoms. The van der Waals surface area contributed by atoms with Gasteiger partial charge in [0, 0.05) is 10.9 Å². The van der Waals surface area contributed by atoms with Crippen LogP contribution in [0.3, 0.4) is 0 Å². The first kappa shape index (κ1) is 27.7. The Morgan fingerprint density at radius 3 is 2.29 bits per heavy atom. The number of hydrogen-bond acceptors (Lipinski definition) is 5. The molecule has 0 N–H and O–H groups in total. The Kier molecular flexibility index (Phi) is 13.1. The highest BCUT2D eigenvalue weighted by Gasteiger charge is 2.31. The molecule has 0 bridgehead atoms. The molecule has 0 heterocycles. The highest BCUT2D eigenvalue weighted by atomic mass is 79.9. The highest BCUT2D eigenvalue weighted by Crippen LogP contribution is 2.33. The van der Waals surface area contributed by atoms with Crippen molar-refractivity contribution in [2.45, 2.75) is 85.1 Å². The van der Waals surface area contributed by atoms with Gasteiger partial charge in [0.2, 0.25) is 5.91 Å². The molecule has 0 radical (unpaired) electrons. The summed E-state index contributed by atoms with van der Waals surface area (Å²) >= 11 is 4.54. The summed E-state index contributed by atoms with van der Waals surface area (Å²) in [6.45, 7) is 7.64. The van der Waals surface area contributed by atoms with Crippen molar-refractivity contribution in [3.8, 4) is 0 Å². The van der Waals surface area contributed by atoms with Crippen molar-refractivity contribution in [2.75, 3.05) is 17.8 Å². The van der Waals surface area contributed by atoms with E-state index in [4.69, 9.17) is 4.74 Å². The van der Waals surface area contributed by atoms with E-state index in [2.05, 4.69) is 22.9 Å². The predicted molar refractivity (Wildman–Crippen MR) is 133 cm³/mol. The van der Waals surface area contributed by atoms with Gasteiger partial charge < -0.3 is 4.74 Å². The lowest BCUT2D eigenvalue weighted by Crippen LogP contribution is -2.45. The highest BCUT2D eigenvalue weighted by molar-refractivity contribution is 9.10. The average molecular weight is 515 g/mol. The second-order valence-electron chi connectivity index (χ2n) is 7.83. The van der Waals surface area contributed by atoms with Gasteiger partial charge in [0.05, 0.1) is 18.6 Å². The van der Waals surface area contributed by atoms with E-state index in [0.29, 0.717) is 12.1 Å². The molecule has 0 aromatic heterocycles. The number of anilines is 1. The van der Waals surface area contributed by atoms with Crippen LogP contribution >= 0.6 is 27.7 Å². The average Bonchev–Trinajstić information content (AvgIpc) is 2.76. The van der Waals surface area contributed by atoms with Crippen LogP contribution in [-0.2, 0) is 19.1 Å². The number of methoxy groups -OCH3 is 1. The van der Waals surface area contributed by atoms with Crippen molar-refractivity contribution in [3.05, 3.63) is 27.7 Å². The van der Waals surface area contributed by atoms with E-state index in [0.717, 1.165) is 46.6 Å². The molecular formula is C24H36BrNO4S. The van der Waals surface area contributed by atoms with E-state index < -0.39 is 12.0 Å². The number of nitrogens with zero attached hydrogens (tertiary/aromatic N) is 1. The lowest BCUT2D eigenvalue weighted by molar-refractivity contribution is -0.142. The maximum Gasteiger partial charge on any atom is 0.328 e. The molecule has 1 amide bonds. The summed E-state index contributed by atoms with van der Waals surface area (Å²) in [6.07, 6.45) is 8.53. The topological polar surface area (TPSA) is 63.7 Å². The van der Waals surface area contributed by atoms with Crippen LogP contribution in [0.2, 0.25) is 0 Å². The van der Waals surface area contributed by atoms with Crippen LogP contribution in [0.5, 0.6) is 0 Å². The van der Waals surface area contributed by atoms with E-state index in [-0.39, 0.29) is 16.8 Å². The van der Waals surface area contributed by atoms with Gasteiger partial charge in [-0.3, -0.25) is 14.5 Å². The van der Waals surface area contributed by atoms with Gasteiger partial charge in [-0.2, -0.15) is 0 Å². The number of hydrogen-bond donors (Lipinski definition) is 0. The molecule has 0 spiro atoms. The van der Waals surface area contributed by atoms with E-state index in [1.807, 2.05) is 26.0 Å². The van der Waals surface area contributed by atoms with Crippen LogP contribution in [0.4, 0.5) is 5.69 Å². The first-order chi connectivity index (χ1) is 14.7. The minimum atomic E-state index is -0.789. The van der Waals surface area contributed by atoms with Crippen molar-refractivity contribution in [3.63, 3.8) is 0 Å². The molecule has 0 saturated carbocycles. The maximum atomic E-state index is 13.1. The van der Waals surface area contributed by atoms with Crippen molar-refractivity contribution in [2.24, 2.45) is 0 Å². The van der Waals surface area contributed by atoms with Gasteiger partial charge in [0.15, 0.2) is 5.12 Å². The summed E-state index contributed by atoms with van der Waals surface area (Å²) in [4.78, 5) is 39.1. The number of aryl methyl sites for hydroxylation is 1. The minimum Gasteiger partial charge on any atom is -0.467 e. The summed E-state index contributed by atoms with van der Waals surface area (Å²) in [6, 6.07) is 3.03. The number of carbonyl (C=O) groups is 3. The minimum absolute atomic E-state index is 0.00204. The monoisotopic (exact) mass is 513 g/mol. The van der Waals surface area contributed by atoms with Crippen molar-refractivity contribution in [1.29, 1.82) is 0 Å². The number of thioether (sulfide) groups is 1. The van der Waals surface area contributed by atoms with Crippen LogP contribution in [0.1, 0.15) is 76.3 Å². The molecule has 5 nitrogen and oxygen atoms in total. The fraction of sp³-hybridized carbons (Fsp3) is 0.625. The van der Waals surface area contributed by atoms with Crippen LogP contribution in [0.15, 0.2) is 16.6 Å². The Labute approximate surface area is 199 Å². The summed E-state index contributed by atoms with van der Waals surface area (Å²) < 4.78 is 5.73. The largest absolute Gasteiger partial charge is 0.467 e. The summed E-state index contributed by atoms with van der Waals surface area (Å²) in [7, 11) is 1.31. The zero-order valence-electron chi connectivity index (χ0n) is 19.5. The second kappa shape index (κ2) is 14.7. The molecule has 31 heavy (non-hydrogen) atoms. The quantitative estimate of drug-likeness (QED) is 0.226. The molecule has 1 atom stereocenters. The van der Waals surface area contributed by atoms with Crippen LogP contribution in [-0.4, -0.2) is 35.9 Å². The lowest BCUT2D eigenvalue weighted by Gasteiger charge is -2.30. The van der Waals surface area contributed by atoms with Gasteiger partial charge in [-0.25, -0.2) is 4.79 Å². The number of esters is 1. The van der Waals surface area contributed by atoms with Gasteiger partial charge in [-0.1, -0.05) is 79.2 Å². The van der Waals surface area contributed by atoms with Crippen LogP contribution in [0, 0.1) is 13.8 Å². The van der Waals surface area contributed by atoms with Crippen LogP contribution < -0.4 is 4.90 Å². The molecule has 1 rings (SSSR count). The Hall–Kier alpha value is -1.34. The fourth-order valence-electron chi connectivity index (χ4n) is 3.50. The molecular weight excluding hydrogens is 478 g/mol. The standard InChI is InChI=1S/C24H36BrNO4S/c1-6-7-8-9-10-11-12-13-22(28)31-16-21(27)26(19(4)24(29)30-5)23-17(2)14-15-20(25)18(23)3/h14-15,19H,6-13,16H2,1-5H3. The molecule has 174 valence electrons.